The van der Waals surface area contributed by atoms with E-state index in [0.29, 0.717) is 0 Å². The average Bonchev–Trinajstić information content (AvgIpc) is 1.83. The monoisotopic (exact) mass is 178 g/mol. The molecule has 0 saturated carbocycles. The number of amides is 1. The highest BCUT2D eigenvalue weighted by Gasteiger charge is 2.33. The Bertz CT molecular complexity index is 247. The first-order valence-electron chi connectivity index (χ1n) is 3.23. The molecule has 1 rings (SSSR count). The van der Waals surface area contributed by atoms with Crippen molar-refractivity contribution >= 4 is 15.7 Å². The molecule has 1 aliphatic heterocycles. The molecule has 3 N–H and O–H groups in total. The summed E-state index contributed by atoms with van der Waals surface area (Å²) in [6.45, 7) is -0.0868. The lowest BCUT2D eigenvalue weighted by atomic mass is 10.3. The summed E-state index contributed by atoms with van der Waals surface area (Å²) in [7, 11) is -2.84. The molecule has 1 fully saturated rings. The van der Waals surface area contributed by atoms with Gasteiger partial charge in [0.2, 0.25) is 5.91 Å². The molecule has 0 aromatic heterocycles. The Morgan fingerprint density at radius 1 is 1.55 bits per heavy atom. The average molecular weight is 178 g/mol. The van der Waals surface area contributed by atoms with Crippen LogP contribution in [0.1, 0.15) is 0 Å². The van der Waals surface area contributed by atoms with E-state index in [-0.39, 0.29) is 30.0 Å². The number of hydrogen-bond acceptors (Lipinski definition) is 4. The van der Waals surface area contributed by atoms with Crippen LogP contribution in [-0.2, 0) is 14.6 Å². The van der Waals surface area contributed by atoms with E-state index in [4.69, 9.17) is 5.73 Å². The molecule has 0 atom stereocenters. The highest BCUT2D eigenvalue weighted by molar-refractivity contribution is 7.92. The van der Waals surface area contributed by atoms with Crippen molar-refractivity contribution in [3.63, 3.8) is 0 Å². The van der Waals surface area contributed by atoms with Crippen LogP contribution >= 0.6 is 0 Å². The summed E-state index contributed by atoms with van der Waals surface area (Å²) in [5, 5.41) is 2.48. The van der Waals surface area contributed by atoms with Gasteiger partial charge in [0.25, 0.3) is 0 Å². The summed E-state index contributed by atoms with van der Waals surface area (Å²) in [6, 6.07) is -0.212. The van der Waals surface area contributed by atoms with E-state index in [1.165, 1.54) is 0 Å². The molecule has 0 aliphatic carbocycles. The molecular formula is C5H10N2O3S. The van der Waals surface area contributed by atoms with Crippen molar-refractivity contribution in [2.24, 2.45) is 5.73 Å². The third kappa shape index (κ3) is 2.16. The van der Waals surface area contributed by atoms with Gasteiger partial charge in [-0.1, -0.05) is 0 Å². The molecule has 11 heavy (non-hydrogen) atoms. The molecule has 6 heteroatoms. The zero-order chi connectivity index (χ0) is 8.48. The van der Waals surface area contributed by atoms with Crippen LogP contribution in [0.15, 0.2) is 0 Å². The summed E-state index contributed by atoms with van der Waals surface area (Å²) in [5.41, 5.74) is 5.01. The zero-order valence-electron chi connectivity index (χ0n) is 5.91. The van der Waals surface area contributed by atoms with Crippen LogP contribution in [0.25, 0.3) is 0 Å². The van der Waals surface area contributed by atoms with Crippen LogP contribution in [0.4, 0.5) is 0 Å². The van der Waals surface area contributed by atoms with Gasteiger partial charge in [-0.05, 0) is 0 Å². The minimum Gasteiger partial charge on any atom is -0.350 e. The van der Waals surface area contributed by atoms with E-state index in [1.807, 2.05) is 0 Å². The van der Waals surface area contributed by atoms with Crippen molar-refractivity contribution < 1.29 is 13.2 Å². The smallest absolute Gasteiger partial charge is 0.234 e. The maximum Gasteiger partial charge on any atom is 0.234 e. The minimum atomic E-state index is -2.84. The van der Waals surface area contributed by atoms with Crippen molar-refractivity contribution in [1.82, 2.24) is 5.32 Å². The van der Waals surface area contributed by atoms with Gasteiger partial charge in [-0.25, -0.2) is 8.42 Å². The van der Waals surface area contributed by atoms with E-state index in [9.17, 15) is 13.2 Å². The first kappa shape index (κ1) is 8.48. The highest BCUT2D eigenvalue weighted by Crippen LogP contribution is 2.09. The molecule has 64 valence electrons. The molecule has 5 nitrogen and oxygen atoms in total. The van der Waals surface area contributed by atoms with E-state index >= 15 is 0 Å². The fraction of sp³-hybridized carbons (Fsp3) is 0.800. The topological polar surface area (TPSA) is 89.3 Å². The molecule has 1 amide bonds. The van der Waals surface area contributed by atoms with Crippen molar-refractivity contribution in [2.45, 2.75) is 6.04 Å². The standard InChI is InChI=1S/C5H10N2O3S/c6-1-5(8)7-4-2-11(9,10)3-4/h4H,1-3,6H2,(H,7,8). The van der Waals surface area contributed by atoms with E-state index in [1.54, 1.807) is 0 Å². The van der Waals surface area contributed by atoms with Crippen molar-refractivity contribution in [1.29, 1.82) is 0 Å². The number of hydrogen-bond donors (Lipinski definition) is 2. The molecule has 0 unspecified atom stereocenters. The number of carbonyl (C=O) groups is 1. The predicted octanol–water partition coefficient (Wildman–Crippen LogP) is -2.14. The Balaban J connectivity index is 2.29. The third-order valence-corrected chi connectivity index (χ3v) is 3.28. The summed E-state index contributed by atoms with van der Waals surface area (Å²) >= 11 is 0. The third-order valence-electron chi connectivity index (χ3n) is 1.46. The van der Waals surface area contributed by atoms with Crippen LogP contribution in [0.5, 0.6) is 0 Å². The molecule has 0 aromatic carbocycles. The van der Waals surface area contributed by atoms with Crippen LogP contribution < -0.4 is 11.1 Å². The largest absolute Gasteiger partial charge is 0.350 e. The van der Waals surface area contributed by atoms with E-state index in [2.05, 4.69) is 5.32 Å². The summed E-state index contributed by atoms with van der Waals surface area (Å²) in [5.74, 6) is -0.192. The SMILES string of the molecule is NCC(=O)NC1CS(=O)(=O)C1. The predicted molar refractivity (Wildman–Crippen MR) is 39.6 cm³/mol. The lowest BCUT2D eigenvalue weighted by Gasteiger charge is -2.26. The van der Waals surface area contributed by atoms with Gasteiger partial charge in [-0.15, -0.1) is 0 Å². The fourth-order valence-corrected chi connectivity index (χ4v) is 2.23. The van der Waals surface area contributed by atoms with Crippen molar-refractivity contribution in [2.75, 3.05) is 18.1 Å². The van der Waals surface area contributed by atoms with Gasteiger partial charge in [0.15, 0.2) is 9.84 Å². The van der Waals surface area contributed by atoms with Gasteiger partial charge in [0.1, 0.15) is 0 Å². The molecule has 0 radical (unpaired) electrons. The van der Waals surface area contributed by atoms with E-state index < -0.39 is 9.84 Å². The van der Waals surface area contributed by atoms with Crippen LogP contribution in [0.2, 0.25) is 0 Å². The van der Waals surface area contributed by atoms with Gasteiger partial charge < -0.3 is 11.1 Å². The number of nitrogens with two attached hydrogens (primary N) is 1. The first-order chi connectivity index (χ1) is 5.03. The molecule has 0 bridgehead atoms. The molecular weight excluding hydrogens is 168 g/mol. The maximum absolute atomic E-state index is 10.6. The minimum absolute atomic E-state index is 0.0543. The maximum atomic E-state index is 10.6. The molecule has 1 heterocycles. The second-order valence-corrected chi connectivity index (χ2v) is 4.70. The number of carbonyl (C=O) groups excluding carboxylic acids is 1. The molecule has 1 saturated heterocycles. The molecule has 0 spiro atoms. The Hall–Kier alpha value is -0.620. The normalized spacial score (nSPS) is 22.3. The lowest BCUT2D eigenvalue weighted by Crippen LogP contribution is -2.54. The summed E-state index contributed by atoms with van der Waals surface area (Å²) in [4.78, 5) is 10.6. The first-order valence-corrected chi connectivity index (χ1v) is 5.05. The Kier molecular flexibility index (Phi) is 2.15. The number of sulfone groups is 1. The van der Waals surface area contributed by atoms with Crippen molar-refractivity contribution in [3.8, 4) is 0 Å². The second kappa shape index (κ2) is 2.78. The van der Waals surface area contributed by atoms with Crippen LogP contribution in [-0.4, -0.2) is 38.4 Å². The zero-order valence-corrected chi connectivity index (χ0v) is 6.73. The Labute approximate surface area is 64.9 Å². The second-order valence-electron chi connectivity index (χ2n) is 2.55. The van der Waals surface area contributed by atoms with Crippen LogP contribution in [0, 0.1) is 0 Å². The van der Waals surface area contributed by atoms with Gasteiger partial charge in [-0.2, -0.15) is 0 Å². The fourth-order valence-electron chi connectivity index (χ4n) is 0.934. The van der Waals surface area contributed by atoms with Gasteiger partial charge >= 0.3 is 0 Å². The lowest BCUT2D eigenvalue weighted by molar-refractivity contribution is -0.120. The van der Waals surface area contributed by atoms with Gasteiger partial charge in [-0.3, -0.25) is 4.79 Å². The van der Waals surface area contributed by atoms with Crippen molar-refractivity contribution in [3.05, 3.63) is 0 Å². The summed E-state index contributed by atoms with van der Waals surface area (Å²) < 4.78 is 21.2. The van der Waals surface area contributed by atoms with Gasteiger partial charge in [0, 0.05) is 0 Å². The number of rotatable bonds is 2. The van der Waals surface area contributed by atoms with Crippen LogP contribution in [0.3, 0.4) is 0 Å². The Morgan fingerprint density at radius 2 is 2.09 bits per heavy atom. The van der Waals surface area contributed by atoms with E-state index in [0.717, 1.165) is 0 Å². The number of nitrogens with one attached hydrogen (secondary N) is 1. The van der Waals surface area contributed by atoms with Gasteiger partial charge in [0.05, 0.1) is 24.1 Å². The molecule has 1 aliphatic rings. The Morgan fingerprint density at radius 3 is 2.45 bits per heavy atom. The molecule has 0 aromatic rings. The highest BCUT2D eigenvalue weighted by atomic mass is 32.2. The quantitative estimate of drug-likeness (QED) is 0.505. The summed E-state index contributed by atoms with van der Waals surface area (Å²) in [6.07, 6.45) is 0.